The first-order valence-electron chi connectivity index (χ1n) is 8.34. The molecule has 3 fully saturated rings. The van der Waals surface area contributed by atoms with E-state index >= 15 is 0 Å². The highest BCUT2D eigenvalue weighted by molar-refractivity contribution is 5.80. The first-order valence-corrected chi connectivity index (χ1v) is 8.34. The van der Waals surface area contributed by atoms with Crippen LogP contribution in [0.15, 0.2) is 17.4 Å². The number of guanidine groups is 1. The molecule has 6 nitrogen and oxygen atoms in total. The normalized spacial score (nSPS) is 33.5. The van der Waals surface area contributed by atoms with Crippen LogP contribution in [-0.2, 0) is 11.3 Å². The van der Waals surface area contributed by atoms with Gasteiger partial charge in [-0.05, 0) is 25.3 Å². The number of fused-ring (bicyclic) bond motifs is 5. The van der Waals surface area contributed by atoms with Gasteiger partial charge in [0.25, 0.3) is 0 Å². The number of aryl methyl sites for hydroxylation is 1. The number of ether oxygens (including phenoxy) is 1. The Bertz CT molecular complexity index is 551. The molecule has 1 aromatic heterocycles. The number of rotatable bonds is 3. The van der Waals surface area contributed by atoms with Crippen LogP contribution in [0, 0.1) is 18.8 Å². The monoisotopic (exact) mass is 303 g/mol. The van der Waals surface area contributed by atoms with E-state index in [9.17, 15) is 0 Å². The SMILES string of the molecule is CN=C(NCCn1cc(C)cn1)N1CC2C3CCC(O3)C2C1. The molecular formula is C16H25N5O. The van der Waals surface area contributed by atoms with Crippen molar-refractivity contribution in [3.8, 4) is 0 Å². The molecule has 0 amide bonds. The van der Waals surface area contributed by atoms with E-state index in [2.05, 4.69) is 33.4 Å². The summed E-state index contributed by atoms with van der Waals surface area (Å²) in [4.78, 5) is 6.88. The molecule has 0 aromatic carbocycles. The van der Waals surface area contributed by atoms with Crippen molar-refractivity contribution < 1.29 is 4.74 Å². The Kier molecular flexibility index (Phi) is 3.56. The van der Waals surface area contributed by atoms with Crippen molar-refractivity contribution in [1.82, 2.24) is 20.0 Å². The Balaban J connectivity index is 1.31. The van der Waals surface area contributed by atoms with Crippen molar-refractivity contribution in [2.24, 2.45) is 16.8 Å². The molecule has 22 heavy (non-hydrogen) atoms. The zero-order valence-corrected chi connectivity index (χ0v) is 13.4. The molecule has 120 valence electrons. The third-order valence-electron chi connectivity index (χ3n) is 5.35. The smallest absolute Gasteiger partial charge is 0.193 e. The molecule has 3 saturated heterocycles. The van der Waals surface area contributed by atoms with Gasteiger partial charge in [0.2, 0.25) is 0 Å². The summed E-state index contributed by atoms with van der Waals surface area (Å²) in [6.07, 6.45) is 7.48. The fraction of sp³-hybridized carbons (Fsp3) is 0.750. The molecule has 0 saturated carbocycles. The second-order valence-electron chi connectivity index (χ2n) is 6.78. The Labute approximate surface area is 131 Å². The van der Waals surface area contributed by atoms with Crippen molar-refractivity contribution in [3.05, 3.63) is 18.0 Å². The molecule has 6 heteroatoms. The van der Waals surface area contributed by atoms with Gasteiger partial charge < -0.3 is 15.0 Å². The average Bonchev–Trinajstić information content (AvgIpc) is 3.25. The molecule has 4 unspecified atom stereocenters. The molecule has 1 aromatic rings. The van der Waals surface area contributed by atoms with E-state index in [4.69, 9.17) is 4.74 Å². The minimum atomic E-state index is 0.505. The van der Waals surface area contributed by atoms with Gasteiger partial charge in [0.15, 0.2) is 5.96 Å². The predicted octanol–water partition coefficient (Wildman–Crippen LogP) is 0.876. The van der Waals surface area contributed by atoms with Crippen LogP contribution < -0.4 is 5.32 Å². The van der Waals surface area contributed by atoms with E-state index < -0.39 is 0 Å². The van der Waals surface area contributed by atoms with Crippen molar-refractivity contribution in [3.63, 3.8) is 0 Å². The molecule has 0 spiro atoms. The predicted molar refractivity (Wildman–Crippen MR) is 84.8 cm³/mol. The molecule has 1 N–H and O–H groups in total. The molecule has 3 aliphatic heterocycles. The largest absolute Gasteiger partial charge is 0.374 e. The summed E-state index contributed by atoms with van der Waals surface area (Å²) in [5.41, 5.74) is 1.20. The lowest BCUT2D eigenvalue weighted by Gasteiger charge is -2.23. The minimum absolute atomic E-state index is 0.505. The quantitative estimate of drug-likeness (QED) is 0.665. The highest BCUT2D eigenvalue weighted by Gasteiger charge is 2.53. The minimum Gasteiger partial charge on any atom is -0.374 e. The fourth-order valence-electron chi connectivity index (χ4n) is 4.34. The third-order valence-corrected chi connectivity index (χ3v) is 5.35. The van der Waals surface area contributed by atoms with Crippen LogP contribution in [0.3, 0.4) is 0 Å². The van der Waals surface area contributed by atoms with Gasteiger partial charge in [-0.3, -0.25) is 9.67 Å². The molecule has 4 heterocycles. The Morgan fingerprint density at radius 2 is 2.09 bits per heavy atom. The first-order chi connectivity index (χ1) is 10.7. The van der Waals surface area contributed by atoms with Gasteiger partial charge in [-0.25, -0.2) is 0 Å². The number of aliphatic imine (C=N–C) groups is 1. The van der Waals surface area contributed by atoms with E-state index in [1.54, 1.807) is 0 Å². The summed E-state index contributed by atoms with van der Waals surface area (Å²) in [5, 5.41) is 7.80. The summed E-state index contributed by atoms with van der Waals surface area (Å²) < 4.78 is 8.02. The van der Waals surface area contributed by atoms with Gasteiger partial charge in [0.05, 0.1) is 24.9 Å². The topological polar surface area (TPSA) is 54.7 Å². The highest BCUT2D eigenvalue weighted by Crippen LogP contribution is 2.47. The van der Waals surface area contributed by atoms with Crippen LogP contribution in [0.1, 0.15) is 18.4 Å². The van der Waals surface area contributed by atoms with Crippen molar-refractivity contribution in [2.75, 3.05) is 26.7 Å². The summed E-state index contributed by atoms with van der Waals surface area (Å²) in [7, 11) is 1.87. The van der Waals surface area contributed by atoms with Gasteiger partial charge >= 0.3 is 0 Å². The third kappa shape index (κ3) is 2.39. The van der Waals surface area contributed by atoms with Gasteiger partial charge in [-0.2, -0.15) is 5.10 Å². The summed E-state index contributed by atoms with van der Waals surface area (Å²) in [6.45, 7) is 5.96. The zero-order valence-electron chi connectivity index (χ0n) is 13.4. The Morgan fingerprint density at radius 3 is 2.68 bits per heavy atom. The maximum absolute atomic E-state index is 6.04. The number of aromatic nitrogens is 2. The molecule has 3 aliphatic rings. The molecular weight excluding hydrogens is 278 g/mol. The summed E-state index contributed by atoms with van der Waals surface area (Å²) in [5.74, 6) is 2.45. The number of nitrogens with one attached hydrogen (secondary N) is 1. The van der Waals surface area contributed by atoms with Gasteiger partial charge in [0, 0.05) is 44.7 Å². The summed E-state index contributed by atoms with van der Waals surface area (Å²) in [6, 6.07) is 0. The van der Waals surface area contributed by atoms with Crippen LogP contribution in [-0.4, -0.2) is 59.5 Å². The maximum Gasteiger partial charge on any atom is 0.193 e. The Hall–Kier alpha value is -1.56. The van der Waals surface area contributed by atoms with Gasteiger partial charge in [-0.1, -0.05) is 0 Å². The Morgan fingerprint density at radius 1 is 1.36 bits per heavy atom. The van der Waals surface area contributed by atoms with Crippen LogP contribution in [0.4, 0.5) is 0 Å². The lowest BCUT2D eigenvalue weighted by atomic mass is 9.82. The lowest BCUT2D eigenvalue weighted by Crippen LogP contribution is -2.42. The van der Waals surface area contributed by atoms with E-state index in [0.29, 0.717) is 24.0 Å². The highest BCUT2D eigenvalue weighted by atomic mass is 16.5. The van der Waals surface area contributed by atoms with Crippen LogP contribution >= 0.6 is 0 Å². The van der Waals surface area contributed by atoms with Gasteiger partial charge in [0.1, 0.15) is 0 Å². The average molecular weight is 303 g/mol. The molecule has 0 aliphatic carbocycles. The van der Waals surface area contributed by atoms with E-state index in [1.807, 2.05) is 17.9 Å². The van der Waals surface area contributed by atoms with Crippen molar-refractivity contribution in [1.29, 1.82) is 0 Å². The second kappa shape index (κ2) is 5.57. The van der Waals surface area contributed by atoms with Crippen molar-refractivity contribution in [2.45, 2.75) is 38.5 Å². The zero-order chi connectivity index (χ0) is 15.1. The standard InChI is InChI=1S/C16H25N5O/c1-11-7-19-21(8-11)6-5-18-16(17-2)20-9-12-13(10-20)15-4-3-14(12)22-15/h7-8,12-15H,3-6,9-10H2,1-2H3,(H,17,18). The van der Waals surface area contributed by atoms with Crippen LogP contribution in [0.25, 0.3) is 0 Å². The second-order valence-corrected chi connectivity index (χ2v) is 6.78. The first kappa shape index (κ1) is 14.1. The fourth-order valence-corrected chi connectivity index (χ4v) is 4.34. The molecule has 4 atom stereocenters. The van der Waals surface area contributed by atoms with E-state index in [1.165, 1.54) is 18.4 Å². The molecule has 2 bridgehead atoms. The van der Waals surface area contributed by atoms with Crippen LogP contribution in [0.5, 0.6) is 0 Å². The maximum atomic E-state index is 6.04. The number of likely N-dealkylation sites (tertiary alicyclic amines) is 1. The van der Waals surface area contributed by atoms with Crippen LogP contribution in [0.2, 0.25) is 0 Å². The number of hydrogen-bond acceptors (Lipinski definition) is 3. The van der Waals surface area contributed by atoms with E-state index in [-0.39, 0.29) is 0 Å². The van der Waals surface area contributed by atoms with Crippen molar-refractivity contribution >= 4 is 5.96 Å². The molecule has 4 rings (SSSR count). The van der Waals surface area contributed by atoms with E-state index in [0.717, 1.165) is 32.1 Å². The van der Waals surface area contributed by atoms with Gasteiger partial charge in [-0.15, -0.1) is 0 Å². The lowest BCUT2D eigenvalue weighted by molar-refractivity contribution is 0.0767. The number of nitrogens with zero attached hydrogens (tertiary/aromatic N) is 4. The molecule has 0 radical (unpaired) electrons. The number of hydrogen-bond donors (Lipinski definition) is 1. The summed E-state index contributed by atoms with van der Waals surface area (Å²) >= 11 is 0.